The van der Waals surface area contributed by atoms with E-state index in [1.807, 2.05) is 24.3 Å². The van der Waals surface area contributed by atoms with E-state index in [1.54, 1.807) is 32.7 Å². The van der Waals surface area contributed by atoms with Crippen molar-refractivity contribution in [3.8, 4) is 27.7 Å². The van der Waals surface area contributed by atoms with Gasteiger partial charge >= 0.3 is 0 Å². The number of hydrogen-bond acceptors (Lipinski definition) is 5. The van der Waals surface area contributed by atoms with Gasteiger partial charge in [0.2, 0.25) is 5.75 Å². The van der Waals surface area contributed by atoms with Crippen molar-refractivity contribution < 1.29 is 14.2 Å². The van der Waals surface area contributed by atoms with Crippen molar-refractivity contribution in [1.29, 1.82) is 0 Å². The molecule has 0 saturated heterocycles. The monoisotopic (exact) mass is 329 g/mol. The predicted molar refractivity (Wildman–Crippen MR) is 94.8 cm³/mol. The SMILES string of the molecule is COc1cc(-c2sc3ccccc3c2CN)cc(OC)c1OC. The van der Waals surface area contributed by atoms with Crippen LogP contribution in [0.15, 0.2) is 36.4 Å². The zero-order valence-electron chi connectivity index (χ0n) is 13.4. The molecule has 4 nitrogen and oxygen atoms in total. The summed E-state index contributed by atoms with van der Waals surface area (Å²) >= 11 is 1.72. The number of hydrogen-bond donors (Lipinski definition) is 1. The number of methoxy groups -OCH3 is 3. The van der Waals surface area contributed by atoms with Crippen LogP contribution >= 0.6 is 11.3 Å². The third kappa shape index (κ3) is 2.62. The molecule has 23 heavy (non-hydrogen) atoms. The largest absolute Gasteiger partial charge is 0.493 e. The summed E-state index contributed by atoms with van der Waals surface area (Å²) in [5, 5.41) is 1.20. The first-order valence-electron chi connectivity index (χ1n) is 7.24. The van der Waals surface area contributed by atoms with Gasteiger partial charge in [0.15, 0.2) is 11.5 Å². The summed E-state index contributed by atoms with van der Waals surface area (Å²) in [6.07, 6.45) is 0. The zero-order valence-corrected chi connectivity index (χ0v) is 14.2. The smallest absolute Gasteiger partial charge is 0.203 e. The molecule has 3 aromatic rings. The average Bonchev–Trinajstić information content (AvgIpc) is 2.98. The Morgan fingerprint density at radius 3 is 2.17 bits per heavy atom. The molecule has 0 saturated carbocycles. The van der Waals surface area contributed by atoms with E-state index in [0.717, 1.165) is 16.0 Å². The minimum atomic E-state index is 0.482. The Kier molecular flexibility index (Phi) is 4.41. The maximum atomic E-state index is 6.02. The lowest BCUT2D eigenvalue weighted by Gasteiger charge is -2.14. The molecule has 0 atom stereocenters. The minimum Gasteiger partial charge on any atom is -0.493 e. The lowest BCUT2D eigenvalue weighted by atomic mass is 10.0. The van der Waals surface area contributed by atoms with E-state index >= 15 is 0 Å². The number of benzene rings is 2. The summed E-state index contributed by atoms with van der Waals surface area (Å²) < 4.78 is 17.5. The lowest BCUT2D eigenvalue weighted by Crippen LogP contribution is -1.98. The van der Waals surface area contributed by atoms with Crippen molar-refractivity contribution in [2.75, 3.05) is 21.3 Å². The molecular formula is C18H19NO3S. The van der Waals surface area contributed by atoms with Crippen molar-refractivity contribution in [1.82, 2.24) is 0 Å². The van der Waals surface area contributed by atoms with Crippen molar-refractivity contribution in [2.45, 2.75) is 6.54 Å². The summed E-state index contributed by atoms with van der Waals surface area (Å²) in [7, 11) is 4.84. The van der Waals surface area contributed by atoms with Gasteiger partial charge in [-0.3, -0.25) is 0 Å². The molecular weight excluding hydrogens is 310 g/mol. The van der Waals surface area contributed by atoms with Crippen LogP contribution in [0.25, 0.3) is 20.5 Å². The molecule has 1 heterocycles. The van der Waals surface area contributed by atoms with Crippen LogP contribution < -0.4 is 19.9 Å². The average molecular weight is 329 g/mol. The van der Waals surface area contributed by atoms with Gasteiger partial charge in [-0.1, -0.05) is 18.2 Å². The normalized spacial score (nSPS) is 10.8. The summed E-state index contributed by atoms with van der Waals surface area (Å²) in [5.74, 6) is 1.87. The quantitative estimate of drug-likeness (QED) is 0.767. The molecule has 0 unspecified atom stereocenters. The fourth-order valence-corrected chi connectivity index (χ4v) is 3.97. The number of thiophene rings is 1. The lowest BCUT2D eigenvalue weighted by molar-refractivity contribution is 0.324. The molecule has 0 aliphatic heterocycles. The maximum absolute atomic E-state index is 6.02. The highest BCUT2D eigenvalue weighted by molar-refractivity contribution is 7.22. The Morgan fingerprint density at radius 1 is 0.957 bits per heavy atom. The minimum absolute atomic E-state index is 0.482. The van der Waals surface area contributed by atoms with E-state index in [2.05, 4.69) is 12.1 Å². The fraction of sp³-hybridized carbons (Fsp3) is 0.222. The van der Waals surface area contributed by atoms with Gasteiger partial charge in [-0.25, -0.2) is 0 Å². The van der Waals surface area contributed by atoms with Crippen LogP contribution in [0.1, 0.15) is 5.56 Å². The van der Waals surface area contributed by atoms with Crippen LogP contribution in [0, 0.1) is 0 Å². The van der Waals surface area contributed by atoms with Crippen LogP contribution in [0.3, 0.4) is 0 Å². The third-order valence-electron chi connectivity index (χ3n) is 3.83. The molecule has 0 aliphatic carbocycles. The summed E-state index contributed by atoms with van der Waals surface area (Å²) in [4.78, 5) is 1.13. The highest BCUT2D eigenvalue weighted by Crippen LogP contribution is 2.45. The molecule has 1 aromatic heterocycles. The Hall–Kier alpha value is -2.24. The predicted octanol–water partition coefficient (Wildman–Crippen LogP) is 4.05. The third-order valence-corrected chi connectivity index (χ3v) is 5.09. The Balaban J connectivity index is 2.26. The van der Waals surface area contributed by atoms with E-state index in [1.165, 1.54) is 10.1 Å². The van der Waals surface area contributed by atoms with Crippen molar-refractivity contribution in [3.63, 3.8) is 0 Å². The molecule has 0 radical (unpaired) electrons. The maximum Gasteiger partial charge on any atom is 0.203 e. The van der Waals surface area contributed by atoms with Gasteiger partial charge in [0, 0.05) is 16.1 Å². The van der Waals surface area contributed by atoms with Crippen molar-refractivity contribution >= 4 is 21.4 Å². The number of fused-ring (bicyclic) bond motifs is 1. The highest BCUT2D eigenvalue weighted by Gasteiger charge is 2.18. The molecule has 120 valence electrons. The molecule has 2 aromatic carbocycles. The molecule has 0 fully saturated rings. The van der Waals surface area contributed by atoms with E-state index < -0.39 is 0 Å². The first-order chi connectivity index (χ1) is 11.2. The number of rotatable bonds is 5. The van der Waals surface area contributed by atoms with Crippen molar-refractivity contribution in [3.05, 3.63) is 42.0 Å². The van der Waals surface area contributed by atoms with Gasteiger partial charge in [-0.05, 0) is 34.7 Å². The Morgan fingerprint density at radius 2 is 1.61 bits per heavy atom. The molecule has 5 heteroatoms. The first-order valence-corrected chi connectivity index (χ1v) is 8.06. The van der Waals surface area contributed by atoms with Gasteiger partial charge in [0.05, 0.1) is 21.3 Å². The molecule has 0 aliphatic rings. The van der Waals surface area contributed by atoms with Crippen LogP contribution in [0.2, 0.25) is 0 Å². The van der Waals surface area contributed by atoms with Gasteiger partial charge in [-0.2, -0.15) is 0 Å². The van der Waals surface area contributed by atoms with Gasteiger partial charge in [0.1, 0.15) is 0 Å². The highest BCUT2D eigenvalue weighted by atomic mass is 32.1. The van der Waals surface area contributed by atoms with Gasteiger partial charge in [-0.15, -0.1) is 11.3 Å². The molecule has 2 N–H and O–H groups in total. The van der Waals surface area contributed by atoms with Gasteiger partial charge < -0.3 is 19.9 Å². The van der Waals surface area contributed by atoms with Gasteiger partial charge in [0.25, 0.3) is 0 Å². The standard InChI is InChI=1S/C18H19NO3S/c1-20-14-8-11(9-15(21-2)17(14)22-3)18-13(10-19)12-6-4-5-7-16(12)23-18/h4-9H,10,19H2,1-3H3. The van der Waals surface area contributed by atoms with Crippen molar-refractivity contribution in [2.24, 2.45) is 5.73 Å². The van der Waals surface area contributed by atoms with Crippen LogP contribution in [0.5, 0.6) is 17.2 Å². The Bertz CT molecular complexity index is 816. The van der Waals surface area contributed by atoms with Crippen LogP contribution in [-0.2, 0) is 6.54 Å². The first kappa shape index (κ1) is 15.6. The van der Waals surface area contributed by atoms with E-state index in [-0.39, 0.29) is 0 Å². The zero-order chi connectivity index (χ0) is 16.4. The molecule has 3 rings (SSSR count). The second kappa shape index (κ2) is 6.48. The molecule has 0 bridgehead atoms. The van der Waals surface area contributed by atoms with E-state index in [0.29, 0.717) is 23.8 Å². The second-order valence-electron chi connectivity index (χ2n) is 5.02. The summed E-state index contributed by atoms with van der Waals surface area (Å²) in [5.41, 5.74) is 8.17. The molecule has 0 spiro atoms. The number of nitrogens with two attached hydrogens (primary N) is 1. The van der Waals surface area contributed by atoms with E-state index in [4.69, 9.17) is 19.9 Å². The van der Waals surface area contributed by atoms with E-state index in [9.17, 15) is 0 Å². The summed E-state index contributed by atoms with van der Waals surface area (Å²) in [6.45, 7) is 0.482. The fourth-order valence-electron chi connectivity index (χ4n) is 2.75. The number of ether oxygens (including phenoxy) is 3. The van der Waals surface area contributed by atoms with Crippen LogP contribution in [-0.4, -0.2) is 21.3 Å². The van der Waals surface area contributed by atoms with Crippen LogP contribution in [0.4, 0.5) is 0 Å². The topological polar surface area (TPSA) is 53.7 Å². The molecule has 0 amide bonds. The second-order valence-corrected chi connectivity index (χ2v) is 6.08. The summed E-state index contributed by atoms with van der Waals surface area (Å²) in [6, 6.07) is 12.2. The Labute approximate surface area is 139 Å².